The zero-order valence-corrected chi connectivity index (χ0v) is 23.9. The number of anilines is 1. The first-order valence-corrected chi connectivity index (χ1v) is 15.3. The molecule has 2 aromatic carbocycles. The number of hydrogen-bond donors (Lipinski definition) is 1. The predicted molar refractivity (Wildman–Crippen MR) is 146 cm³/mol. The number of aromatic nitrogens is 1. The van der Waals surface area contributed by atoms with Crippen molar-refractivity contribution in [2.75, 3.05) is 11.1 Å². The van der Waals surface area contributed by atoms with Gasteiger partial charge in [0.1, 0.15) is 0 Å². The Hall–Kier alpha value is -2.76. The minimum atomic E-state index is -4.40. The van der Waals surface area contributed by atoms with Crippen LogP contribution in [0.1, 0.15) is 61.0 Å². The molecule has 2 atom stereocenters. The first-order chi connectivity index (χ1) is 18.3. The first-order valence-electron chi connectivity index (χ1n) is 12.8. The fourth-order valence-electron chi connectivity index (χ4n) is 5.05. The molecule has 0 saturated carbocycles. The molecule has 3 aromatic rings. The molecular weight excluding hydrogens is 547 g/mol. The normalized spacial score (nSPS) is 16.9. The van der Waals surface area contributed by atoms with E-state index >= 15 is 0 Å². The van der Waals surface area contributed by atoms with E-state index in [9.17, 15) is 26.4 Å². The van der Waals surface area contributed by atoms with Gasteiger partial charge in [0, 0.05) is 17.5 Å². The van der Waals surface area contributed by atoms with Gasteiger partial charge in [0.2, 0.25) is 5.91 Å². The Kier molecular flexibility index (Phi) is 8.53. The molecule has 1 amide bonds. The third kappa shape index (κ3) is 6.53. The van der Waals surface area contributed by atoms with Crippen LogP contribution in [0.25, 0.3) is 0 Å². The number of rotatable bonds is 9. The standard InChI is InChI=1S/C28H32F3N3O3S2/c1-5-39(36,37)21-12-10-19(11-13-21)15-24(35)32-27-33-25-23(38-27)16-34(26(25)17(2)3)18(4)14-20-8-6-7-9-22(20)28(29,30)31/h6-13,17-18,26H,5,14-16H2,1-4H3,(H,32,33,35)/t18-,26?/m0/s1. The maximum Gasteiger partial charge on any atom is 0.416 e. The summed E-state index contributed by atoms with van der Waals surface area (Å²) in [6.45, 7) is 8.19. The van der Waals surface area contributed by atoms with Crippen molar-refractivity contribution >= 4 is 32.2 Å². The fraction of sp³-hybridized carbons (Fsp3) is 0.429. The van der Waals surface area contributed by atoms with E-state index in [2.05, 4.69) is 24.1 Å². The van der Waals surface area contributed by atoms with Crippen molar-refractivity contribution in [1.29, 1.82) is 0 Å². The molecule has 1 aliphatic rings. The number of hydrogen-bond acceptors (Lipinski definition) is 6. The number of nitrogens with zero attached hydrogens (tertiary/aromatic N) is 2. The Bertz CT molecular complexity index is 1430. The van der Waals surface area contributed by atoms with Crippen LogP contribution in [0.2, 0.25) is 0 Å². The molecule has 2 heterocycles. The summed E-state index contributed by atoms with van der Waals surface area (Å²) in [6.07, 6.45) is -4.07. The van der Waals surface area contributed by atoms with Crippen LogP contribution in [0.15, 0.2) is 53.4 Å². The molecule has 0 bridgehead atoms. The Morgan fingerprint density at radius 2 is 1.79 bits per heavy atom. The van der Waals surface area contributed by atoms with Crippen molar-refractivity contribution < 1.29 is 26.4 Å². The van der Waals surface area contributed by atoms with E-state index in [4.69, 9.17) is 4.98 Å². The van der Waals surface area contributed by atoms with Gasteiger partial charge in [0.15, 0.2) is 15.0 Å². The zero-order valence-electron chi connectivity index (χ0n) is 22.2. The van der Waals surface area contributed by atoms with Crippen LogP contribution in [-0.2, 0) is 40.2 Å². The molecule has 0 spiro atoms. The molecule has 1 N–H and O–H groups in total. The lowest BCUT2D eigenvalue weighted by Crippen LogP contribution is -2.36. The highest BCUT2D eigenvalue weighted by molar-refractivity contribution is 7.91. The van der Waals surface area contributed by atoms with Crippen molar-refractivity contribution in [1.82, 2.24) is 9.88 Å². The Balaban J connectivity index is 1.44. The van der Waals surface area contributed by atoms with Crippen LogP contribution in [0.4, 0.5) is 18.3 Å². The molecule has 11 heteroatoms. The maximum atomic E-state index is 13.5. The molecule has 0 aliphatic carbocycles. The smallest absolute Gasteiger partial charge is 0.302 e. The highest BCUT2D eigenvalue weighted by Crippen LogP contribution is 2.44. The van der Waals surface area contributed by atoms with Crippen LogP contribution in [-0.4, -0.2) is 36.0 Å². The fourth-order valence-corrected chi connectivity index (χ4v) is 6.96. The van der Waals surface area contributed by atoms with Gasteiger partial charge in [-0.1, -0.05) is 51.1 Å². The molecule has 39 heavy (non-hydrogen) atoms. The van der Waals surface area contributed by atoms with Gasteiger partial charge in [-0.2, -0.15) is 13.2 Å². The number of alkyl halides is 3. The van der Waals surface area contributed by atoms with Gasteiger partial charge in [-0.15, -0.1) is 11.3 Å². The molecule has 210 valence electrons. The lowest BCUT2D eigenvalue weighted by atomic mass is 9.96. The summed E-state index contributed by atoms with van der Waals surface area (Å²) < 4.78 is 64.6. The van der Waals surface area contributed by atoms with E-state index in [1.807, 2.05) is 6.92 Å². The molecule has 1 aliphatic heterocycles. The highest BCUT2D eigenvalue weighted by atomic mass is 32.2. The van der Waals surface area contributed by atoms with Crippen molar-refractivity contribution in [3.05, 3.63) is 75.8 Å². The van der Waals surface area contributed by atoms with E-state index in [0.29, 0.717) is 17.2 Å². The Morgan fingerprint density at radius 1 is 1.13 bits per heavy atom. The maximum absolute atomic E-state index is 13.5. The average molecular weight is 580 g/mol. The summed E-state index contributed by atoms with van der Waals surface area (Å²) in [4.78, 5) is 20.8. The van der Waals surface area contributed by atoms with Gasteiger partial charge in [-0.05, 0) is 48.6 Å². The topological polar surface area (TPSA) is 79.4 Å². The molecular formula is C28H32F3N3O3S2. The van der Waals surface area contributed by atoms with E-state index in [1.54, 1.807) is 25.1 Å². The summed E-state index contributed by atoms with van der Waals surface area (Å²) in [7, 11) is -3.30. The van der Waals surface area contributed by atoms with Gasteiger partial charge in [0.25, 0.3) is 0 Å². The van der Waals surface area contributed by atoms with Crippen LogP contribution >= 0.6 is 11.3 Å². The number of fused-ring (bicyclic) bond motifs is 1. The molecule has 6 nitrogen and oxygen atoms in total. The molecule has 0 fully saturated rings. The number of halogens is 3. The molecule has 0 saturated heterocycles. The first kappa shape index (κ1) is 29.2. The monoisotopic (exact) mass is 579 g/mol. The van der Waals surface area contributed by atoms with Crippen molar-refractivity contribution in [3.8, 4) is 0 Å². The summed E-state index contributed by atoms with van der Waals surface area (Å²) in [5, 5.41) is 3.33. The third-order valence-electron chi connectivity index (χ3n) is 7.00. The number of carbonyl (C=O) groups excluding carboxylic acids is 1. The molecule has 4 rings (SSSR count). The highest BCUT2D eigenvalue weighted by Gasteiger charge is 2.39. The van der Waals surface area contributed by atoms with Gasteiger partial charge < -0.3 is 5.32 Å². The number of sulfone groups is 1. The number of carbonyl (C=O) groups is 1. The third-order valence-corrected chi connectivity index (χ3v) is 9.72. The minimum Gasteiger partial charge on any atom is -0.302 e. The van der Waals surface area contributed by atoms with E-state index in [1.165, 1.54) is 35.6 Å². The summed E-state index contributed by atoms with van der Waals surface area (Å²) in [5.74, 6) is -0.0885. The quantitative estimate of drug-likeness (QED) is 0.323. The van der Waals surface area contributed by atoms with E-state index in [-0.39, 0.29) is 53.0 Å². The summed E-state index contributed by atoms with van der Waals surface area (Å²) in [6, 6.07) is 11.8. The lowest BCUT2D eigenvalue weighted by Gasteiger charge is -2.33. The zero-order chi connectivity index (χ0) is 28.5. The van der Waals surface area contributed by atoms with Gasteiger partial charge in [0.05, 0.1) is 34.4 Å². The van der Waals surface area contributed by atoms with Crippen LogP contribution in [0.3, 0.4) is 0 Å². The van der Waals surface area contributed by atoms with Gasteiger partial charge in [-0.25, -0.2) is 13.4 Å². The molecule has 1 aromatic heterocycles. The van der Waals surface area contributed by atoms with Crippen LogP contribution in [0, 0.1) is 5.92 Å². The molecule has 0 radical (unpaired) electrons. The van der Waals surface area contributed by atoms with Gasteiger partial charge >= 0.3 is 6.18 Å². The number of nitrogens with one attached hydrogen (secondary N) is 1. The Labute approximate surface area is 231 Å². The second-order valence-electron chi connectivity index (χ2n) is 10.2. The summed E-state index contributed by atoms with van der Waals surface area (Å²) in [5.41, 5.74) is 1.22. The van der Waals surface area contributed by atoms with Crippen LogP contribution in [0.5, 0.6) is 0 Å². The van der Waals surface area contributed by atoms with Crippen molar-refractivity contribution in [2.45, 2.75) is 70.2 Å². The van der Waals surface area contributed by atoms with E-state index < -0.39 is 21.6 Å². The number of thiazole rings is 1. The lowest BCUT2D eigenvalue weighted by molar-refractivity contribution is -0.138. The molecule has 1 unspecified atom stereocenters. The van der Waals surface area contributed by atoms with E-state index in [0.717, 1.165) is 16.6 Å². The van der Waals surface area contributed by atoms with Crippen LogP contribution < -0.4 is 5.32 Å². The largest absolute Gasteiger partial charge is 0.416 e. The Morgan fingerprint density at radius 3 is 2.41 bits per heavy atom. The average Bonchev–Trinajstić information content (AvgIpc) is 3.41. The second-order valence-corrected chi connectivity index (χ2v) is 13.5. The number of amides is 1. The van der Waals surface area contributed by atoms with Crippen molar-refractivity contribution in [3.63, 3.8) is 0 Å². The minimum absolute atomic E-state index is 0.00990. The SMILES string of the molecule is CCS(=O)(=O)c1ccc(CC(=O)Nc2nc3c(s2)CN([C@@H](C)Cc2ccccc2C(F)(F)F)C3C(C)C)cc1. The predicted octanol–water partition coefficient (Wildman–Crippen LogP) is 6.28. The van der Waals surface area contributed by atoms with Crippen molar-refractivity contribution in [2.24, 2.45) is 5.92 Å². The van der Waals surface area contributed by atoms with Gasteiger partial charge in [-0.3, -0.25) is 9.69 Å². The summed E-state index contributed by atoms with van der Waals surface area (Å²) >= 11 is 1.38. The number of benzene rings is 2. The second kappa shape index (κ2) is 11.4.